The molecule has 1 fully saturated rings. The first-order valence-corrected chi connectivity index (χ1v) is 9.06. The Morgan fingerprint density at radius 3 is 2.38 bits per heavy atom. The van der Waals surface area contributed by atoms with Gasteiger partial charge in [0.1, 0.15) is 0 Å². The van der Waals surface area contributed by atoms with Crippen molar-refractivity contribution in [3.05, 3.63) is 65.2 Å². The zero-order chi connectivity index (χ0) is 18.7. The minimum absolute atomic E-state index is 0.265. The average Bonchev–Trinajstić information content (AvgIpc) is 3.44. The number of ether oxygens (including phenoxy) is 1. The maximum absolute atomic E-state index is 12.5. The number of hydrogen-bond donors (Lipinski definition) is 1. The number of carbonyl (C=O) groups is 2. The van der Waals surface area contributed by atoms with E-state index < -0.39 is 5.41 Å². The molecule has 4 nitrogen and oxygen atoms in total. The van der Waals surface area contributed by atoms with Gasteiger partial charge in [-0.2, -0.15) is 0 Å². The van der Waals surface area contributed by atoms with Crippen molar-refractivity contribution in [3.63, 3.8) is 0 Å². The van der Waals surface area contributed by atoms with Crippen LogP contribution < -0.4 is 5.32 Å². The second-order valence-electron chi connectivity index (χ2n) is 7.27. The van der Waals surface area contributed by atoms with E-state index >= 15 is 0 Å². The van der Waals surface area contributed by atoms with Crippen LogP contribution in [-0.2, 0) is 19.7 Å². The van der Waals surface area contributed by atoms with Crippen LogP contribution in [0.2, 0.25) is 0 Å². The van der Waals surface area contributed by atoms with Crippen LogP contribution in [0.3, 0.4) is 0 Å². The summed E-state index contributed by atoms with van der Waals surface area (Å²) in [4.78, 5) is 24.9. The zero-order valence-electron chi connectivity index (χ0n) is 15.5. The van der Waals surface area contributed by atoms with Gasteiger partial charge in [0.05, 0.1) is 5.41 Å². The summed E-state index contributed by atoms with van der Waals surface area (Å²) in [6.07, 6.45) is 1.54. The molecule has 0 atom stereocenters. The minimum Gasteiger partial charge on any atom is -0.455 e. The number of nitrogens with one attached hydrogen (secondary N) is 1. The Balaban J connectivity index is 1.63. The SMILES string of the molecule is Cc1cccc(C(C)C)c1NC(=O)COC(=O)C1(c2ccccc2)CC1. The summed E-state index contributed by atoms with van der Waals surface area (Å²) in [6.45, 7) is 5.86. The van der Waals surface area contributed by atoms with Gasteiger partial charge in [0.25, 0.3) is 5.91 Å². The number of benzene rings is 2. The Morgan fingerprint density at radius 2 is 1.77 bits per heavy atom. The van der Waals surface area contributed by atoms with Crippen LogP contribution in [0.5, 0.6) is 0 Å². The van der Waals surface area contributed by atoms with Gasteiger partial charge in [0, 0.05) is 5.69 Å². The number of amides is 1. The summed E-state index contributed by atoms with van der Waals surface area (Å²) in [6, 6.07) is 15.6. The third-order valence-corrected chi connectivity index (χ3v) is 4.99. The minimum atomic E-state index is -0.562. The molecule has 1 aliphatic rings. The third kappa shape index (κ3) is 3.64. The lowest BCUT2D eigenvalue weighted by Gasteiger charge is -2.17. The molecule has 26 heavy (non-hydrogen) atoms. The number of esters is 1. The highest BCUT2D eigenvalue weighted by molar-refractivity contribution is 5.95. The molecule has 0 aromatic heterocycles. The molecule has 0 radical (unpaired) electrons. The van der Waals surface area contributed by atoms with Gasteiger partial charge in [-0.3, -0.25) is 9.59 Å². The van der Waals surface area contributed by atoms with E-state index in [4.69, 9.17) is 4.74 Å². The Hall–Kier alpha value is -2.62. The van der Waals surface area contributed by atoms with Crippen molar-refractivity contribution in [2.45, 2.75) is 44.9 Å². The first-order chi connectivity index (χ1) is 12.4. The van der Waals surface area contributed by atoms with Gasteiger partial charge < -0.3 is 10.1 Å². The Bertz CT molecular complexity index is 807. The number of para-hydroxylation sites is 1. The Labute approximate surface area is 154 Å². The van der Waals surface area contributed by atoms with Gasteiger partial charge in [-0.1, -0.05) is 62.4 Å². The molecule has 0 aliphatic heterocycles. The van der Waals surface area contributed by atoms with Crippen molar-refractivity contribution in [2.75, 3.05) is 11.9 Å². The molecule has 1 saturated carbocycles. The highest BCUT2D eigenvalue weighted by Gasteiger charge is 2.52. The predicted octanol–water partition coefficient (Wildman–Crippen LogP) is 4.33. The Kier molecular flexibility index (Phi) is 5.12. The van der Waals surface area contributed by atoms with Crippen LogP contribution in [0.25, 0.3) is 0 Å². The van der Waals surface area contributed by atoms with Crippen molar-refractivity contribution in [2.24, 2.45) is 0 Å². The summed E-state index contributed by atoms with van der Waals surface area (Å²) >= 11 is 0. The van der Waals surface area contributed by atoms with Gasteiger partial charge in [-0.05, 0) is 42.4 Å². The third-order valence-electron chi connectivity index (χ3n) is 4.99. The monoisotopic (exact) mass is 351 g/mol. The van der Waals surface area contributed by atoms with Crippen LogP contribution in [0.4, 0.5) is 5.69 Å². The van der Waals surface area contributed by atoms with Crippen molar-refractivity contribution < 1.29 is 14.3 Å². The summed E-state index contributed by atoms with van der Waals surface area (Å²) in [5, 5.41) is 2.91. The van der Waals surface area contributed by atoms with Crippen LogP contribution >= 0.6 is 0 Å². The summed E-state index contributed by atoms with van der Waals surface area (Å²) < 4.78 is 5.35. The topological polar surface area (TPSA) is 55.4 Å². The lowest BCUT2D eigenvalue weighted by molar-refractivity contribution is -0.150. The molecule has 0 heterocycles. The molecule has 2 aromatic rings. The zero-order valence-corrected chi connectivity index (χ0v) is 15.5. The van der Waals surface area contributed by atoms with E-state index in [2.05, 4.69) is 19.2 Å². The first kappa shape index (κ1) is 18.2. The van der Waals surface area contributed by atoms with Crippen LogP contribution in [0.15, 0.2) is 48.5 Å². The van der Waals surface area contributed by atoms with Gasteiger partial charge in [-0.15, -0.1) is 0 Å². The molecule has 1 N–H and O–H groups in total. The maximum atomic E-state index is 12.5. The van der Waals surface area contributed by atoms with Crippen molar-refractivity contribution in [1.82, 2.24) is 0 Å². The number of hydrogen-bond acceptors (Lipinski definition) is 3. The molecule has 0 spiro atoms. The van der Waals surface area contributed by atoms with E-state index in [1.807, 2.05) is 55.5 Å². The van der Waals surface area contributed by atoms with Crippen molar-refractivity contribution in [1.29, 1.82) is 0 Å². The maximum Gasteiger partial charge on any atom is 0.317 e. The molecule has 4 heteroatoms. The highest BCUT2D eigenvalue weighted by atomic mass is 16.5. The first-order valence-electron chi connectivity index (χ1n) is 9.06. The molecule has 0 bridgehead atoms. The smallest absolute Gasteiger partial charge is 0.317 e. The fourth-order valence-electron chi connectivity index (χ4n) is 3.28. The number of rotatable bonds is 6. The summed E-state index contributed by atoms with van der Waals surface area (Å²) in [7, 11) is 0. The quantitative estimate of drug-likeness (QED) is 0.788. The van der Waals surface area contributed by atoms with E-state index in [-0.39, 0.29) is 18.5 Å². The second kappa shape index (κ2) is 7.32. The predicted molar refractivity (Wildman–Crippen MR) is 102 cm³/mol. The molecule has 136 valence electrons. The lowest BCUT2D eigenvalue weighted by atomic mass is 9.96. The average molecular weight is 351 g/mol. The summed E-state index contributed by atoms with van der Waals surface area (Å²) in [5.41, 5.74) is 3.29. The fourth-order valence-corrected chi connectivity index (χ4v) is 3.28. The molecule has 3 rings (SSSR count). The number of anilines is 1. The largest absolute Gasteiger partial charge is 0.455 e. The van der Waals surface area contributed by atoms with Gasteiger partial charge in [0.2, 0.25) is 0 Å². The second-order valence-corrected chi connectivity index (χ2v) is 7.27. The number of carbonyl (C=O) groups excluding carboxylic acids is 2. The lowest BCUT2D eigenvalue weighted by Crippen LogP contribution is -2.28. The van der Waals surface area contributed by atoms with Crippen molar-refractivity contribution in [3.8, 4) is 0 Å². The highest BCUT2D eigenvalue weighted by Crippen LogP contribution is 2.49. The molecule has 0 unspecified atom stereocenters. The van der Waals surface area contributed by atoms with Crippen LogP contribution in [0.1, 0.15) is 49.3 Å². The van der Waals surface area contributed by atoms with Gasteiger partial charge >= 0.3 is 5.97 Å². The fraction of sp³-hybridized carbons (Fsp3) is 0.364. The van der Waals surface area contributed by atoms with E-state index in [0.29, 0.717) is 5.92 Å². The standard InChI is InChI=1S/C22H25NO3/c1-15(2)18-11-7-8-16(3)20(18)23-19(24)14-26-21(25)22(12-13-22)17-9-5-4-6-10-17/h4-11,15H,12-14H2,1-3H3,(H,23,24). The van der Waals surface area contributed by atoms with Gasteiger partial charge in [0.15, 0.2) is 6.61 Å². The van der Waals surface area contributed by atoms with E-state index in [0.717, 1.165) is 35.2 Å². The van der Waals surface area contributed by atoms with Gasteiger partial charge in [-0.25, -0.2) is 0 Å². The normalized spacial score (nSPS) is 14.8. The Morgan fingerprint density at radius 1 is 1.08 bits per heavy atom. The van der Waals surface area contributed by atoms with Crippen LogP contribution in [0, 0.1) is 6.92 Å². The molecular formula is C22H25NO3. The summed E-state index contributed by atoms with van der Waals surface area (Å²) in [5.74, 6) is -0.327. The van der Waals surface area contributed by atoms with E-state index in [1.165, 1.54) is 0 Å². The molecule has 0 saturated heterocycles. The molecular weight excluding hydrogens is 326 g/mol. The molecule has 1 amide bonds. The number of aryl methyl sites for hydroxylation is 1. The van der Waals surface area contributed by atoms with Crippen LogP contribution in [-0.4, -0.2) is 18.5 Å². The van der Waals surface area contributed by atoms with E-state index in [1.54, 1.807) is 0 Å². The molecule has 1 aliphatic carbocycles. The van der Waals surface area contributed by atoms with Crippen molar-refractivity contribution >= 4 is 17.6 Å². The van der Waals surface area contributed by atoms with E-state index in [9.17, 15) is 9.59 Å². The molecule has 2 aromatic carbocycles.